The first-order chi connectivity index (χ1) is 11.9. The lowest BCUT2D eigenvalue weighted by molar-refractivity contribution is 0.0902. The summed E-state index contributed by atoms with van der Waals surface area (Å²) in [6.07, 6.45) is 1.20. The van der Waals surface area contributed by atoms with Crippen molar-refractivity contribution in [2.75, 3.05) is 0 Å². The molecule has 3 rings (SSSR count). The number of halogens is 2. The van der Waals surface area contributed by atoms with Gasteiger partial charge in [-0.25, -0.2) is 4.98 Å². The minimum atomic E-state index is -0.846. The average molecular weight is 377 g/mol. The SMILES string of the molecule is CC(C)(NC(=O)c1nc(-c2cccc(Cl)c2)ccc1Cl)c1ncon1. The molecule has 6 nitrogen and oxygen atoms in total. The fraction of sp³-hybridized carbons (Fsp3) is 0.176. The van der Waals surface area contributed by atoms with Gasteiger partial charge in [0, 0.05) is 10.6 Å². The lowest BCUT2D eigenvalue weighted by Gasteiger charge is -2.22. The number of aromatic nitrogens is 3. The molecule has 0 spiro atoms. The van der Waals surface area contributed by atoms with Gasteiger partial charge in [0.25, 0.3) is 5.91 Å². The van der Waals surface area contributed by atoms with Gasteiger partial charge in [0.05, 0.1) is 16.3 Å². The molecule has 0 atom stereocenters. The minimum Gasteiger partial charge on any atom is -0.343 e. The minimum absolute atomic E-state index is 0.107. The molecule has 3 aromatic rings. The number of benzene rings is 1. The van der Waals surface area contributed by atoms with E-state index in [1.54, 1.807) is 38.1 Å². The monoisotopic (exact) mass is 376 g/mol. The van der Waals surface area contributed by atoms with Crippen LogP contribution in [-0.4, -0.2) is 21.0 Å². The normalized spacial score (nSPS) is 11.4. The molecule has 1 amide bonds. The van der Waals surface area contributed by atoms with Gasteiger partial charge in [-0.3, -0.25) is 4.79 Å². The smallest absolute Gasteiger partial charge is 0.272 e. The van der Waals surface area contributed by atoms with Crippen molar-refractivity contribution in [3.8, 4) is 11.3 Å². The Morgan fingerprint density at radius 1 is 1.20 bits per heavy atom. The topological polar surface area (TPSA) is 80.9 Å². The molecule has 1 aromatic carbocycles. The zero-order valence-electron chi connectivity index (χ0n) is 13.5. The summed E-state index contributed by atoms with van der Waals surface area (Å²) in [6, 6.07) is 10.6. The van der Waals surface area contributed by atoms with E-state index in [0.29, 0.717) is 16.5 Å². The number of nitrogens with zero attached hydrogens (tertiary/aromatic N) is 3. The Labute approximate surface area is 154 Å². The number of amides is 1. The number of hydrogen-bond acceptors (Lipinski definition) is 5. The maximum atomic E-state index is 12.7. The highest BCUT2D eigenvalue weighted by Gasteiger charge is 2.29. The second-order valence-corrected chi connectivity index (χ2v) is 6.71. The summed E-state index contributed by atoms with van der Waals surface area (Å²) in [5, 5.41) is 7.40. The fourth-order valence-electron chi connectivity index (χ4n) is 2.25. The maximum absolute atomic E-state index is 12.7. The van der Waals surface area contributed by atoms with Crippen LogP contribution in [0.5, 0.6) is 0 Å². The zero-order chi connectivity index (χ0) is 18.0. The van der Waals surface area contributed by atoms with Gasteiger partial charge in [-0.1, -0.05) is 40.5 Å². The summed E-state index contributed by atoms with van der Waals surface area (Å²) in [7, 11) is 0. The molecule has 0 aliphatic heterocycles. The van der Waals surface area contributed by atoms with E-state index in [4.69, 9.17) is 27.7 Å². The van der Waals surface area contributed by atoms with Gasteiger partial charge in [-0.2, -0.15) is 4.98 Å². The molecule has 1 N–H and O–H groups in total. The van der Waals surface area contributed by atoms with E-state index in [9.17, 15) is 4.79 Å². The molecule has 25 heavy (non-hydrogen) atoms. The van der Waals surface area contributed by atoms with Crippen molar-refractivity contribution < 1.29 is 9.32 Å². The lowest BCUT2D eigenvalue weighted by Crippen LogP contribution is -2.42. The predicted octanol–water partition coefficient (Wildman–Crippen LogP) is 4.10. The van der Waals surface area contributed by atoms with Crippen LogP contribution in [0.25, 0.3) is 11.3 Å². The predicted molar refractivity (Wildman–Crippen MR) is 94.5 cm³/mol. The number of carbonyl (C=O) groups is 1. The van der Waals surface area contributed by atoms with E-state index in [0.717, 1.165) is 5.56 Å². The third-order valence-electron chi connectivity index (χ3n) is 3.53. The van der Waals surface area contributed by atoms with Crippen LogP contribution in [0.3, 0.4) is 0 Å². The van der Waals surface area contributed by atoms with E-state index in [-0.39, 0.29) is 10.7 Å². The summed E-state index contributed by atoms with van der Waals surface area (Å²) in [4.78, 5) is 21.0. The van der Waals surface area contributed by atoms with Crippen molar-refractivity contribution in [2.45, 2.75) is 19.4 Å². The van der Waals surface area contributed by atoms with E-state index >= 15 is 0 Å². The maximum Gasteiger partial charge on any atom is 0.272 e. The average Bonchev–Trinajstić information content (AvgIpc) is 3.10. The molecule has 2 aromatic heterocycles. The highest BCUT2D eigenvalue weighted by molar-refractivity contribution is 6.33. The van der Waals surface area contributed by atoms with Gasteiger partial charge in [0.1, 0.15) is 5.69 Å². The molecule has 128 valence electrons. The first-order valence-corrected chi connectivity index (χ1v) is 8.14. The molecule has 0 unspecified atom stereocenters. The van der Waals surface area contributed by atoms with Crippen LogP contribution in [0.4, 0.5) is 0 Å². The Morgan fingerprint density at radius 2 is 2.00 bits per heavy atom. The molecule has 0 fully saturated rings. The van der Waals surface area contributed by atoms with E-state index < -0.39 is 11.4 Å². The van der Waals surface area contributed by atoms with Crippen LogP contribution in [0.2, 0.25) is 10.0 Å². The third-order valence-corrected chi connectivity index (χ3v) is 4.07. The third kappa shape index (κ3) is 3.81. The van der Waals surface area contributed by atoms with Crippen LogP contribution < -0.4 is 5.32 Å². The van der Waals surface area contributed by atoms with Crippen molar-refractivity contribution in [3.63, 3.8) is 0 Å². The van der Waals surface area contributed by atoms with Crippen LogP contribution in [-0.2, 0) is 5.54 Å². The summed E-state index contributed by atoms with van der Waals surface area (Å²) in [5.74, 6) is -0.0911. The van der Waals surface area contributed by atoms with E-state index in [2.05, 4.69) is 20.4 Å². The van der Waals surface area contributed by atoms with Gasteiger partial charge in [-0.15, -0.1) is 0 Å². The highest BCUT2D eigenvalue weighted by Crippen LogP contribution is 2.25. The van der Waals surface area contributed by atoms with Crippen LogP contribution in [0.1, 0.15) is 30.2 Å². The number of rotatable bonds is 4. The largest absolute Gasteiger partial charge is 0.343 e. The molecular formula is C17H14Cl2N4O2. The molecule has 0 aliphatic rings. The number of nitrogens with one attached hydrogen (secondary N) is 1. The molecule has 2 heterocycles. The van der Waals surface area contributed by atoms with Crippen LogP contribution in [0, 0.1) is 0 Å². The van der Waals surface area contributed by atoms with Gasteiger partial charge < -0.3 is 9.84 Å². The molecule has 0 radical (unpaired) electrons. The Hall–Kier alpha value is -2.44. The number of hydrogen-bond donors (Lipinski definition) is 1. The Kier molecular flexibility index (Phi) is 4.74. The summed E-state index contributed by atoms with van der Waals surface area (Å²) < 4.78 is 4.73. The van der Waals surface area contributed by atoms with E-state index in [1.807, 2.05) is 12.1 Å². The van der Waals surface area contributed by atoms with Crippen molar-refractivity contribution >= 4 is 29.1 Å². The summed E-state index contributed by atoms with van der Waals surface area (Å²) in [6.45, 7) is 3.51. The fourth-order valence-corrected chi connectivity index (χ4v) is 2.64. The lowest BCUT2D eigenvalue weighted by atomic mass is 10.0. The number of carbonyl (C=O) groups excluding carboxylic acids is 1. The van der Waals surface area contributed by atoms with Gasteiger partial charge >= 0.3 is 0 Å². The van der Waals surface area contributed by atoms with Crippen molar-refractivity contribution in [2.24, 2.45) is 0 Å². The molecule has 0 saturated carbocycles. The molecular weight excluding hydrogens is 363 g/mol. The first-order valence-electron chi connectivity index (χ1n) is 7.39. The van der Waals surface area contributed by atoms with Crippen LogP contribution >= 0.6 is 23.2 Å². The molecule has 0 saturated heterocycles. The van der Waals surface area contributed by atoms with E-state index in [1.165, 1.54) is 6.39 Å². The molecule has 0 aliphatic carbocycles. The summed E-state index contributed by atoms with van der Waals surface area (Å²) >= 11 is 12.2. The Balaban J connectivity index is 1.91. The quantitative estimate of drug-likeness (QED) is 0.740. The highest BCUT2D eigenvalue weighted by atomic mass is 35.5. The first kappa shape index (κ1) is 17.4. The summed E-state index contributed by atoms with van der Waals surface area (Å²) in [5.41, 5.74) is 0.641. The van der Waals surface area contributed by atoms with Gasteiger partial charge in [0.15, 0.2) is 5.82 Å². The van der Waals surface area contributed by atoms with Crippen molar-refractivity contribution in [3.05, 3.63) is 64.4 Å². The standard InChI is InChI=1S/C17H14Cl2N4O2/c1-17(2,16-20-9-25-23-16)22-15(24)14-12(19)6-7-13(21-14)10-4-3-5-11(18)8-10/h3-9H,1-2H3,(H,22,24). The zero-order valence-corrected chi connectivity index (χ0v) is 15.0. The van der Waals surface area contributed by atoms with Crippen LogP contribution in [0.15, 0.2) is 47.3 Å². The van der Waals surface area contributed by atoms with Gasteiger partial charge in [0.2, 0.25) is 6.39 Å². The van der Waals surface area contributed by atoms with Gasteiger partial charge in [-0.05, 0) is 38.1 Å². The second kappa shape index (κ2) is 6.82. The Morgan fingerprint density at radius 3 is 2.68 bits per heavy atom. The second-order valence-electron chi connectivity index (χ2n) is 5.87. The van der Waals surface area contributed by atoms with Crippen molar-refractivity contribution in [1.82, 2.24) is 20.4 Å². The van der Waals surface area contributed by atoms with Crippen molar-refractivity contribution in [1.29, 1.82) is 0 Å². The molecule has 8 heteroatoms. The Bertz CT molecular complexity index is 911. The number of pyridine rings is 1. The molecule has 0 bridgehead atoms.